The summed E-state index contributed by atoms with van der Waals surface area (Å²) >= 11 is 11.7. The number of rotatable bonds is 3. The molecule has 0 aromatic heterocycles. The molecule has 0 unspecified atom stereocenters. The van der Waals surface area contributed by atoms with Crippen molar-refractivity contribution in [2.45, 2.75) is 0 Å². The van der Waals surface area contributed by atoms with Gasteiger partial charge in [-0.25, -0.2) is 0 Å². The molecule has 1 amide bonds. The number of nitrogens with zero attached hydrogens (tertiary/aromatic N) is 1. The van der Waals surface area contributed by atoms with Gasteiger partial charge in [-0.15, -0.1) is 0 Å². The van der Waals surface area contributed by atoms with E-state index in [2.05, 4.69) is 0 Å². The number of likely N-dealkylation sites (N-methyl/N-ethyl adjacent to an activating group) is 1. The second-order valence-electron chi connectivity index (χ2n) is 3.13. The van der Waals surface area contributed by atoms with Crippen LogP contribution in [0.2, 0.25) is 10.0 Å². The minimum Gasteiger partial charge on any atom is -0.481 e. The van der Waals surface area contributed by atoms with Crippen molar-refractivity contribution in [3.63, 3.8) is 0 Å². The number of hydrogen-bond donors (Lipinski definition) is 0. The standard InChI is InChI=1S/C10H11Cl2NO2/c1-13(2)9(14)6-15-10-7(11)4-3-5-8(10)12/h3-5H,6H2,1-2H3. The van der Waals surface area contributed by atoms with Crippen molar-refractivity contribution in [2.75, 3.05) is 20.7 Å². The van der Waals surface area contributed by atoms with E-state index >= 15 is 0 Å². The number of benzene rings is 1. The average molecular weight is 248 g/mol. The molecule has 15 heavy (non-hydrogen) atoms. The Kier molecular flexibility index (Phi) is 4.24. The fraction of sp³-hybridized carbons (Fsp3) is 0.300. The highest BCUT2D eigenvalue weighted by molar-refractivity contribution is 6.37. The van der Waals surface area contributed by atoms with Gasteiger partial charge in [-0.2, -0.15) is 0 Å². The fourth-order valence-electron chi connectivity index (χ4n) is 0.883. The molecule has 5 heteroatoms. The van der Waals surface area contributed by atoms with Gasteiger partial charge in [0.05, 0.1) is 10.0 Å². The molecule has 0 heterocycles. The first-order chi connectivity index (χ1) is 7.02. The molecule has 0 fully saturated rings. The van der Waals surface area contributed by atoms with Crippen molar-refractivity contribution in [1.29, 1.82) is 0 Å². The quantitative estimate of drug-likeness (QED) is 0.822. The first-order valence-electron chi connectivity index (χ1n) is 4.29. The summed E-state index contributed by atoms with van der Waals surface area (Å²) in [4.78, 5) is 12.7. The zero-order chi connectivity index (χ0) is 11.4. The predicted octanol–water partition coefficient (Wildman–Crippen LogP) is 2.46. The van der Waals surface area contributed by atoms with Crippen molar-refractivity contribution >= 4 is 29.1 Å². The summed E-state index contributed by atoms with van der Waals surface area (Å²) in [5.41, 5.74) is 0. The lowest BCUT2D eigenvalue weighted by Gasteiger charge is -2.12. The van der Waals surface area contributed by atoms with E-state index in [1.807, 2.05) is 0 Å². The van der Waals surface area contributed by atoms with Crippen LogP contribution in [0.15, 0.2) is 18.2 Å². The number of amides is 1. The summed E-state index contributed by atoms with van der Waals surface area (Å²) in [5, 5.41) is 0.795. The Morgan fingerprint density at radius 2 is 1.87 bits per heavy atom. The highest BCUT2D eigenvalue weighted by atomic mass is 35.5. The van der Waals surface area contributed by atoms with Gasteiger partial charge in [-0.05, 0) is 12.1 Å². The van der Waals surface area contributed by atoms with Crippen molar-refractivity contribution in [1.82, 2.24) is 4.90 Å². The molecule has 0 radical (unpaired) electrons. The Morgan fingerprint density at radius 1 is 1.33 bits per heavy atom. The van der Waals surface area contributed by atoms with Crippen LogP contribution in [0.25, 0.3) is 0 Å². The lowest BCUT2D eigenvalue weighted by atomic mass is 10.3. The number of carbonyl (C=O) groups is 1. The van der Waals surface area contributed by atoms with Crippen molar-refractivity contribution in [3.8, 4) is 5.75 Å². The van der Waals surface area contributed by atoms with E-state index in [9.17, 15) is 4.79 Å². The van der Waals surface area contributed by atoms with Gasteiger partial charge >= 0.3 is 0 Å². The molecule has 0 bridgehead atoms. The van der Waals surface area contributed by atoms with Gasteiger partial charge in [0.25, 0.3) is 5.91 Å². The molecule has 0 aliphatic heterocycles. The summed E-state index contributed by atoms with van der Waals surface area (Å²) in [6.07, 6.45) is 0. The third-order valence-corrected chi connectivity index (χ3v) is 2.35. The molecule has 0 N–H and O–H groups in total. The molecule has 1 aromatic rings. The molecule has 0 aliphatic carbocycles. The monoisotopic (exact) mass is 247 g/mol. The molecule has 0 spiro atoms. The summed E-state index contributed by atoms with van der Waals surface area (Å²) in [5.74, 6) is 0.196. The van der Waals surface area contributed by atoms with Crippen molar-refractivity contribution < 1.29 is 9.53 Å². The molecule has 1 aromatic carbocycles. The predicted molar refractivity (Wildman–Crippen MR) is 60.7 cm³/mol. The van der Waals surface area contributed by atoms with Crippen LogP contribution in [-0.2, 0) is 4.79 Å². The maximum absolute atomic E-state index is 11.3. The van der Waals surface area contributed by atoms with Gasteiger partial charge in [-0.3, -0.25) is 4.79 Å². The van der Waals surface area contributed by atoms with Crippen LogP contribution < -0.4 is 4.74 Å². The van der Waals surface area contributed by atoms with Gasteiger partial charge < -0.3 is 9.64 Å². The molecule has 0 atom stereocenters. The van der Waals surface area contributed by atoms with Gasteiger partial charge in [0, 0.05) is 14.1 Å². The average Bonchev–Trinajstić information content (AvgIpc) is 2.16. The Hall–Kier alpha value is -0.930. The Balaban J connectivity index is 2.69. The molecule has 0 saturated heterocycles. The highest BCUT2D eigenvalue weighted by Gasteiger charge is 2.10. The molecule has 1 rings (SSSR count). The van der Waals surface area contributed by atoms with E-state index in [0.717, 1.165) is 0 Å². The van der Waals surface area contributed by atoms with Gasteiger partial charge in [-0.1, -0.05) is 29.3 Å². The maximum Gasteiger partial charge on any atom is 0.259 e. The number of carbonyl (C=O) groups excluding carboxylic acids is 1. The van der Waals surface area contributed by atoms with Crippen molar-refractivity contribution in [2.24, 2.45) is 0 Å². The van der Waals surface area contributed by atoms with E-state index in [-0.39, 0.29) is 12.5 Å². The summed E-state index contributed by atoms with van der Waals surface area (Å²) in [7, 11) is 3.31. The first-order valence-corrected chi connectivity index (χ1v) is 5.05. The van der Waals surface area contributed by atoms with Gasteiger partial charge in [0.2, 0.25) is 0 Å². The minimum absolute atomic E-state index is 0.0730. The number of halogens is 2. The molecular weight excluding hydrogens is 237 g/mol. The highest BCUT2D eigenvalue weighted by Crippen LogP contribution is 2.32. The molecule has 82 valence electrons. The Labute approximate surface area is 98.5 Å². The Bertz CT molecular complexity index is 346. The SMILES string of the molecule is CN(C)C(=O)COc1c(Cl)cccc1Cl. The van der Waals surface area contributed by atoms with E-state index in [4.69, 9.17) is 27.9 Å². The van der Waals surface area contributed by atoms with Crippen LogP contribution in [0.1, 0.15) is 0 Å². The van der Waals surface area contributed by atoms with E-state index in [0.29, 0.717) is 15.8 Å². The van der Waals surface area contributed by atoms with Crippen LogP contribution in [0.5, 0.6) is 5.75 Å². The van der Waals surface area contributed by atoms with Crippen LogP contribution in [-0.4, -0.2) is 31.5 Å². The third kappa shape index (κ3) is 3.29. The van der Waals surface area contributed by atoms with Crippen molar-refractivity contribution in [3.05, 3.63) is 28.2 Å². The first kappa shape index (κ1) is 12.1. The Morgan fingerprint density at radius 3 is 2.33 bits per heavy atom. The molecular formula is C10H11Cl2NO2. The summed E-state index contributed by atoms with van der Waals surface area (Å²) < 4.78 is 5.24. The topological polar surface area (TPSA) is 29.5 Å². The largest absolute Gasteiger partial charge is 0.481 e. The molecule has 0 saturated carbocycles. The second kappa shape index (κ2) is 5.24. The molecule has 0 aliphatic rings. The number of hydrogen-bond acceptors (Lipinski definition) is 2. The summed E-state index contributed by atoms with van der Waals surface area (Å²) in [6, 6.07) is 5.02. The number of para-hydroxylation sites is 1. The lowest BCUT2D eigenvalue weighted by Crippen LogP contribution is -2.27. The normalized spacial score (nSPS) is 9.87. The second-order valence-corrected chi connectivity index (χ2v) is 3.94. The van der Waals surface area contributed by atoms with Gasteiger partial charge in [0.1, 0.15) is 0 Å². The van der Waals surface area contributed by atoms with Crippen LogP contribution in [0.4, 0.5) is 0 Å². The van der Waals surface area contributed by atoms with Gasteiger partial charge in [0.15, 0.2) is 12.4 Å². The van der Waals surface area contributed by atoms with Crippen LogP contribution in [0.3, 0.4) is 0 Å². The fourth-order valence-corrected chi connectivity index (χ4v) is 1.39. The maximum atomic E-state index is 11.3. The summed E-state index contributed by atoms with van der Waals surface area (Å²) in [6.45, 7) is -0.0730. The lowest BCUT2D eigenvalue weighted by molar-refractivity contribution is -0.130. The van der Waals surface area contributed by atoms with E-state index < -0.39 is 0 Å². The zero-order valence-corrected chi connectivity index (χ0v) is 9.97. The molecule has 3 nitrogen and oxygen atoms in total. The van der Waals surface area contributed by atoms with E-state index in [1.54, 1.807) is 32.3 Å². The van der Waals surface area contributed by atoms with E-state index in [1.165, 1.54) is 4.90 Å². The number of ether oxygens (including phenoxy) is 1. The van der Waals surface area contributed by atoms with Crippen LogP contribution >= 0.6 is 23.2 Å². The smallest absolute Gasteiger partial charge is 0.259 e. The third-order valence-electron chi connectivity index (χ3n) is 1.76. The van der Waals surface area contributed by atoms with Crippen LogP contribution in [0, 0.1) is 0 Å². The zero-order valence-electron chi connectivity index (χ0n) is 8.46. The minimum atomic E-state index is -0.147.